The third-order valence-corrected chi connectivity index (χ3v) is 7.61. The van der Waals surface area contributed by atoms with E-state index in [0.29, 0.717) is 5.75 Å². The predicted molar refractivity (Wildman–Crippen MR) is 87.7 cm³/mol. The molecule has 0 saturated heterocycles. The zero-order valence-electron chi connectivity index (χ0n) is 12.4. The molecule has 0 bridgehead atoms. The van der Waals surface area contributed by atoms with E-state index in [2.05, 4.69) is 19.2 Å². The Labute approximate surface area is 125 Å². The van der Waals surface area contributed by atoms with E-state index in [1.54, 1.807) is 0 Å². The van der Waals surface area contributed by atoms with E-state index < -0.39 is 12.6 Å². The number of benzene rings is 2. The first-order chi connectivity index (χ1) is 10.1. The van der Waals surface area contributed by atoms with E-state index in [4.69, 9.17) is 4.52 Å². The van der Waals surface area contributed by atoms with Crippen LogP contribution < -0.4 is 15.1 Å². The molecule has 1 aliphatic heterocycles. The molecule has 1 unspecified atom stereocenters. The van der Waals surface area contributed by atoms with Gasteiger partial charge in [-0.3, -0.25) is 4.57 Å². The molecule has 110 valence electrons. The lowest BCUT2D eigenvalue weighted by Crippen LogP contribution is -2.44. The Morgan fingerprint density at radius 3 is 2.29 bits per heavy atom. The van der Waals surface area contributed by atoms with Gasteiger partial charge in [0, 0.05) is 0 Å². The fourth-order valence-electron chi connectivity index (χ4n) is 2.97. The van der Waals surface area contributed by atoms with Gasteiger partial charge in [0.15, 0.2) is 0 Å². The average Bonchev–Trinajstić information content (AvgIpc) is 2.55. The van der Waals surface area contributed by atoms with Gasteiger partial charge in [0.1, 0.15) is 11.0 Å². The van der Waals surface area contributed by atoms with Gasteiger partial charge in [-0.1, -0.05) is 44.2 Å². The first-order valence-corrected chi connectivity index (χ1v) is 9.00. The first kappa shape index (κ1) is 14.2. The summed E-state index contributed by atoms with van der Waals surface area (Å²) in [6.45, 7) is 4.12. The molecule has 3 nitrogen and oxygen atoms in total. The minimum Gasteiger partial charge on any atom is -0.436 e. The van der Waals surface area contributed by atoms with Crippen LogP contribution in [0.3, 0.4) is 0 Å². The van der Waals surface area contributed by atoms with Crippen LogP contribution in [0.1, 0.15) is 26.7 Å². The molecule has 1 heterocycles. The average molecular weight is 301 g/mol. The molecule has 2 aromatic carbocycles. The number of hydrogen-bond acceptors (Lipinski definition) is 3. The summed E-state index contributed by atoms with van der Waals surface area (Å²) in [5.74, 6) is 0.669. The topological polar surface area (TPSA) is 38.3 Å². The Hall–Kier alpha value is -1.73. The van der Waals surface area contributed by atoms with Crippen LogP contribution in [-0.4, -0.2) is 5.28 Å². The molecule has 1 aliphatic rings. The third-order valence-electron chi connectivity index (χ3n) is 4.31. The zero-order chi connectivity index (χ0) is 14.9. The van der Waals surface area contributed by atoms with E-state index in [9.17, 15) is 4.57 Å². The van der Waals surface area contributed by atoms with Gasteiger partial charge in [-0.25, -0.2) is 0 Å². The molecule has 1 N–H and O–H groups in total. The van der Waals surface area contributed by atoms with Crippen LogP contribution in [0.2, 0.25) is 0 Å². The summed E-state index contributed by atoms with van der Waals surface area (Å²) in [4.78, 5) is 0. The molecule has 3 rings (SSSR count). The summed E-state index contributed by atoms with van der Waals surface area (Å²) in [5.41, 5.74) is 0.920. The summed E-state index contributed by atoms with van der Waals surface area (Å²) in [6.07, 6.45) is 1.48. The summed E-state index contributed by atoms with van der Waals surface area (Å²) >= 11 is 0. The highest BCUT2D eigenvalue weighted by molar-refractivity contribution is 7.69. The van der Waals surface area contributed by atoms with E-state index in [1.165, 1.54) is 0 Å². The maximum Gasteiger partial charge on any atom is 0.301 e. The summed E-state index contributed by atoms with van der Waals surface area (Å²) in [6, 6.07) is 17.3. The van der Waals surface area contributed by atoms with Crippen molar-refractivity contribution in [2.45, 2.75) is 32.0 Å². The fraction of sp³-hybridized carbons (Fsp3) is 0.294. The van der Waals surface area contributed by atoms with Crippen molar-refractivity contribution >= 4 is 18.4 Å². The van der Waals surface area contributed by atoms with Gasteiger partial charge < -0.3 is 9.84 Å². The van der Waals surface area contributed by atoms with Crippen molar-refractivity contribution in [1.29, 1.82) is 0 Å². The number of hydrogen-bond donors (Lipinski definition) is 1. The second kappa shape index (κ2) is 5.23. The van der Waals surface area contributed by atoms with Crippen molar-refractivity contribution in [3.63, 3.8) is 0 Å². The Kier molecular flexibility index (Phi) is 3.54. The highest BCUT2D eigenvalue weighted by atomic mass is 31.2. The third kappa shape index (κ3) is 2.08. The Morgan fingerprint density at radius 2 is 1.62 bits per heavy atom. The summed E-state index contributed by atoms with van der Waals surface area (Å²) < 4.78 is 19.9. The fourth-order valence-corrected chi connectivity index (χ4v) is 5.84. The van der Waals surface area contributed by atoms with E-state index in [-0.39, 0.29) is 0 Å². The van der Waals surface area contributed by atoms with Gasteiger partial charge in [0.2, 0.25) is 0 Å². The van der Waals surface area contributed by atoms with Crippen molar-refractivity contribution in [3.8, 4) is 5.75 Å². The molecule has 0 spiro atoms. The van der Waals surface area contributed by atoms with Crippen molar-refractivity contribution in [2.24, 2.45) is 0 Å². The van der Waals surface area contributed by atoms with Gasteiger partial charge in [-0.2, -0.15) is 0 Å². The minimum absolute atomic E-state index is 0.553. The van der Waals surface area contributed by atoms with Gasteiger partial charge in [-0.05, 0) is 37.1 Å². The quantitative estimate of drug-likeness (QED) is 0.841. The number of nitrogens with one attached hydrogen (secondary N) is 1. The molecule has 0 saturated carbocycles. The number of rotatable bonds is 3. The van der Waals surface area contributed by atoms with Gasteiger partial charge in [-0.15, -0.1) is 0 Å². The van der Waals surface area contributed by atoms with Crippen LogP contribution in [0.4, 0.5) is 5.69 Å². The Bertz CT molecular complexity index is 680. The molecule has 0 fully saturated rings. The van der Waals surface area contributed by atoms with Crippen LogP contribution in [-0.2, 0) is 4.57 Å². The Balaban J connectivity index is 2.20. The molecular weight excluding hydrogens is 281 g/mol. The molecule has 0 amide bonds. The SMILES string of the molecule is CCC1(CC)Nc2ccccc2OP1(=O)c1ccccc1. The number of fused-ring (bicyclic) bond motifs is 1. The van der Waals surface area contributed by atoms with E-state index >= 15 is 0 Å². The summed E-state index contributed by atoms with van der Waals surface area (Å²) in [7, 11) is -3.05. The zero-order valence-corrected chi connectivity index (χ0v) is 13.3. The van der Waals surface area contributed by atoms with Crippen molar-refractivity contribution < 1.29 is 9.09 Å². The van der Waals surface area contributed by atoms with Crippen molar-refractivity contribution in [1.82, 2.24) is 0 Å². The van der Waals surface area contributed by atoms with Crippen molar-refractivity contribution in [3.05, 3.63) is 54.6 Å². The van der Waals surface area contributed by atoms with Gasteiger partial charge in [0.25, 0.3) is 0 Å². The molecule has 1 atom stereocenters. The molecular formula is C17H20NO2P. The van der Waals surface area contributed by atoms with Crippen LogP contribution in [0.5, 0.6) is 5.75 Å². The monoisotopic (exact) mass is 301 g/mol. The minimum atomic E-state index is -3.05. The Morgan fingerprint density at radius 1 is 1.00 bits per heavy atom. The maximum atomic E-state index is 13.8. The largest absolute Gasteiger partial charge is 0.436 e. The highest BCUT2D eigenvalue weighted by Gasteiger charge is 2.52. The molecule has 0 aromatic heterocycles. The predicted octanol–water partition coefficient (Wildman–Crippen LogP) is 4.61. The highest BCUT2D eigenvalue weighted by Crippen LogP contribution is 2.64. The summed E-state index contributed by atoms with van der Waals surface area (Å²) in [5, 5.41) is 3.73. The normalized spacial score (nSPS) is 22.8. The maximum absolute atomic E-state index is 13.8. The van der Waals surface area contributed by atoms with Gasteiger partial charge in [0.05, 0.1) is 11.0 Å². The first-order valence-electron chi connectivity index (χ1n) is 7.38. The van der Waals surface area contributed by atoms with Crippen molar-refractivity contribution in [2.75, 3.05) is 5.32 Å². The molecule has 0 aliphatic carbocycles. The molecule has 4 heteroatoms. The molecule has 21 heavy (non-hydrogen) atoms. The van der Waals surface area contributed by atoms with E-state index in [1.807, 2.05) is 54.6 Å². The lowest BCUT2D eigenvalue weighted by molar-refractivity contribution is 0.423. The number of anilines is 1. The smallest absolute Gasteiger partial charge is 0.301 e. The number of para-hydroxylation sites is 2. The van der Waals surface area contributed by atoms with Crippen LogP contribution in [0, 0.1) is 0 Å². The van der Waals surface area contributed by atoms with Crippen LogP contribution >= 0.6 is 7.37 Å². The second-order valence-electron chi connectivity index (χ2n) is 5.34. The lowest BCUT2D eigenvalue weighted by atomic mass is 10.1. The second-order valence-corrected chi connectivity index (χ2v) is 8.00. The van der Waals surface area contributed by atoms with E-state index in [0.717, 1.165) is 23.8 Å². The molecule has 2 aromatic rings. The molecule has 0 radical (unpaired) electrons. The van der Waals surface area contributed by atoms with Crippen LogP contribution in [0.25, 0.3) is 0 Å². The lowest BCUT2D eigenvalue weighted by Gasteiger charge is -2.44. The van der Waals surface area contributed by atoms with Crippen LogP contribution in [0.15, 0.2) is 54.6 Å². The van der Waals surface area contributed by atoms with Gasteiger partial charge >= 0.3 is 7.37 Å². The standard InChI is InChI=1S/C17H20NO2P/c1-3-17(4-2)18-15-12-8-9-13-16(15)20-21(17,19)14-10-6-5-7-11-14/h5-13,18H,3-4H2,1-2H3.